The molecule has 2 rings (SSSR count). The topological polar surface area (TPSA) is 63.7 Å². The van der Waals surface area contributed by atoms with Crippen LogP contribution in [0, 0.1) is 6.92 Å². The van der Waals surface area contributed by atoms with Gasteiger partial charge in [0.15, 0.2) is 9.84 Å². The van der Waals surface area contributed by atoms with Gasteiger partial charge in [-0.05, 0) is 75.2 Å². The number of amides is 1. The number of aryl methyl sites for hydroxylation is 1. The number of sulfone groups is 1. The van der Waals surface area contributed by atoms with Gasteiger partial charge in [0.2, 0.25) is 5.91 Å². The summed E-state index contributed by atoms with van der Waals surface area (Å²) in [5.41, 5.74) is 1.63. The predicted molar refractivity (Wildman–Crippen MR) is 113 cm³/mol. The van der Waals surface area contributed by atoms with Crippen molar-refractivity contribution >= 4 is 33.0 Å². The Kier molecular flexibility index (Phi) is 7.49. The molecule has 0 aromatic heterocycles. The summed E-state index contributed by atoms with van der Waals surface area (Å²) in [5, 5.41) is 0.692. The Morgan fingerprint density at radius 3 is 2.32 bits per heavy atom. The second-order valence-electron chi connectivity index (χ2n) is 6.99. The second-order valence-corrected chi connectivity index (χ2v) is 9.41. The quantitative estimate of drug-likeness (QED) is 0.579. The fourth-order valence-electron chi connectivity index (χ4n) is 2.82. The molecule has 0 saturated carbocycles. The van der Waals surface area contributed by atoms with Crippen LogP contribution in [-0.2, 0) is 14.6 Å². The van der Waals surface area contributed by atoms with Crippen molar-refractivity contribution < 1.29 is 17.9 Å². The zero-order chi connectivity index (χ0) is 20.9. The first kappa shape index (κ1) is 22.2. The van der Waals surface area contributed by atoms with E-state index in [-0.39, 0.29) is 16.8 Å². The summed E-state index contributed by atoms with van der Waals surface area (Å²) >= 11 is 6.00. The first-order valence-corrected chi connectivity index (χ1v) is 11.4. The highest BCUT2D eigenvalue weighted by Gasteiger charge is 2.19. The maximum absolute atomic E-state index is 12.7. The number of hydrogen-bond acceptors (Lipinski definition) is 4. The Balaban J connectivity index is 1.96. The largest absolute Gasteiger partial charge is 0.494 e. The average molecular weight is 424 g/mol. The number of hydrogen-bond donors (Lipinski definition) is 0. The number of halogens is 1. The number of benzene rings is 2. The standard InChI is InChI=1S/C21H26ClNO4S/c1-15(2)23(17-7-10-19(11-8-17)28(4,25)26)21(24)6-5-13-27-18-9-12-20(22)16(3)14-18/h7-12,14-15H,5-6,13H2,1-4H3. The van der Waals surface area contributed by atoms with E-state index in [4.69, 9.17) is 16.3 Å². The summed E-state index contributed by atoms with van der Waals surface area (Å²) in [7, 11) is -3.26. The third-order valence-electron chi connectivity index (χ3n) is 4.26. The molecule has 0 radical (unpaired) electrons. The molecular formula is C21H26ClNO4S. The summed E-state index contributed by atoms with van der Waals surface area (Å²) in [6, 6.07) is 11.8. The van der Waals surface area contributed by atoms with Crippen LogP contribution < -0.4 is 9.64 Å². The van der Waals surface area contributed by atoms with Crippen molar-refractivity contribution in [3.8, 4) is 5.75 Å². The molecule has 0 fully saturated rings. The monoisotopic (exact) mass is 423 g/mol. The third kappa shape index (κ3) is 5.97. The van der Waals surface area contributed by atoms with Gasteiger partial charge in [0, 0.05) is 29.4 Å². The number of carbonyl (C=O) groups excluding carboxylic acids is 1. The van der Waals surface area contributed by atoms with Crippen LogP contribution in [-0.4, -0.2) is 33.2 Å². The third-order valence-corrected chi connectivity index (χ3v) is 5.81. The van der Waals surface area contributed by atoms with Gasteiger partial charge < -0.3 is 9.64 Å². The molecule has 0 saturated heterocycles. The van der Waals surface area contributed by atoms with Crippen molar-refractivity contribution in [2.24, 2.45) is 0 Å². The molecule has 2 aromatic carbocycles. The molecule has 0 unspecified atom stereocenters. The number of nitrogens with zero attached hydrogens (tertiary/aromatic N) is 1. The SMILES string of the molecule is Cc1cc(OCCCC(=O)N(c2ccc(S(C)(=O)=O)cc2)C(C)C)ccc1Cl. The van der Waals surface area contributed by atoms with Gasteiger partial charge in [0.05, 0.1) is 11.5 Å². The van der Waals surface area contributed by atoms with Gasteiger partial charge in [-0.1, -0.05) is 11.6 Å². The van der Waals surface area contributed by atoms with Crippen LogP contribution in [0.4, 0.5) is 5.69 Å². The minimum atomic E-state index is -3.26. The van der Waals surface area contributed by atoms with Gasteiger partial charge in [-0.15, -0.1) is 0 Å². The van der Waals surface area contributed by atoms with Crippen molar-refractivity contribution in [1.82, 2.24) is 0 Å². The van der Waals surface area contributed by atoms with Crippen molar-refractivity contribution in [1.29, 1.82) is 0 Å². The molecule has 0 N–H and O–H groups in total. The predicted octanol–water partition coefficient (Wildman–Crippen LogP) is 4.65. The van der Waals surface area contributed by atoms with Gasteiger partial charge >= 0.3 is 0 Å². The van der Waals surface area contributed by atoms with Crippen LogP contribution in [0.25, 0.3) is 0 Å². The maximum Gasteiger partial charge on any atom is 0.227 e. The van der Waals surface area contributed by atoms with Gasteiger partial charge in [0.25, 0.3) is 0 Å². The Labute approximate surface area is 172 Å². The summed E-state index contributed by atoms with van der Waals surface area (Å²) in [4.78, 5) is 14.6. The lowest BCUT2D eigenvalue weighted by Gasteiger charge is -2.27. The smallest absolute Gasteiger partial charge is 0.227 e. The number of ether oxygens (including phenoxy) is 1. The molecule has 0 aliphatic carbocycles. The Bertz CT molecular complexity index is 924. The van der Waals surface area contributed by atoms with Crippen LogP contribution in [0.3, 0.4) is 0 Å². The number of anilines is 1. The van der Waals surface area contributed by atoms with Crippen LogP contribution in [0.2, 0.25) is 5.02 Å². The molecular weight excluding hydrogens is 398 g/mol. The van der Waals surface area contributed by atoms with E-state index >= 15 is 0 Å². The van der Waals surface area contributed by atoms with Gasteiger partial charge in [0.1, 0.15) is 5.75 Å². The van der Waals surface area contributed by atoms with E-state index in [1.807, 2.05) is 26.8 Å². The van der Waals surface area contributed by atoms with E-state index in [0.717, 1.165) is 17.6 Å². The number of carbonyl (C=O) groups is 1. The fraction of sp³-hybridized carbons (Fsp3) is 0.381. The molecule has 1 amide bonds. The minimum absolute atomic E-state index is 0.0296. The van der Waals surface area contributed by atoms with Gasteiger partial charge in [-0.3, -0.25) is 4.79 Å². The highest BCUT2D eigenvalue weighted by atomic mass is 35.5. The first-order valence-electron chi connectivity index (χ1n) is 9.10. The van der Waals surface area contributed by atoms with Gasteiger partial charge in [-0.25, -0.2) is 8.42 Å². The lowest BCUT2D eigenvalue weighted by molar-refractivity contribution is -0.119. The summed E-state index contributed by atoms with van der Waals surface area (Å²) < 4.78 is 28.9. The van der Waals surface area contributed by atoms with Gasteiger partial charge in [-0.2, -0.15) is 0 Å². The van der Waals surface area contributed by atoms with Crippen LogP contribution in [0.5, 0.6) is 5.75 Å². The summed E-state index contributed by atoms with van der Waals surface area (Å²) in [6.45, 7) is 6.19. The first-order chi connectivity index (χ1) is 13.1. The Morgan fingerprint density at radius 2 is 1.79 bits per heavy atom. The van der Waals surface area contributed by atoms with Crippen LogP contribution in [0.1, 0.15) is 32.3 Å². The minimum Gasteiger partial charge on any atom is -0.494 e. The summed E-state index contributed by atoms with van der Waals surface area (Å²) in [5.74, 6) is 0.699. The molecule has 5 nitrogen and oxygen atoms in total. The second kappa shape index (κ2) is 9.43. The molecule has 7 heteroatoms. The highest BCUT2D eigenvalue weighted by molar-refractivity contribution is 7.90. The van der Waals surface area contributed by atoms with Crippen molar-refractivity contribution in [3.63, 3.8) is 0 Å². The molecule has 28 heavy (non-hydrogen) atoms. The molecule has 0 spiro atoms. The van der Waals surface area contributed by atoms with E-state index in [0.29, 0.717) is 30.2 Å². The number of rotatable bonds is 8. The molecule has 0 heterocycles. The zero-order valence-corrected chi connectivity index (χ0v) is 18.2. The molecule has 0 aliphatic rings. The lowest BCUT2D eigenvalue weighted by Crippen LogP contribution is -2.37. The van der Waals surface area contributed by atoms with E-state index in [1.165, 1.54) is 12.1 Å². The van der Waals surface area contributed by atoms with E-state index < -0.39 is 9.84 Å². The van der Waals surface area contributed by atoms with Crippen LogP contribution in [0.15, 0.2) is 47.4 Å². The maximum atomic E-state index is 12.7. The zero-order valence-electron chi connectivity index (χ0n) is 16.6. The van der Waals surface area contributed by atoms with Crippen molar-refractivity contribution in [2.45, 2.75) is 44.6 Å². The van der Waals surface area contributed by atoms with E-state index in [1.54, 1.807) is 29.2 Å². The lowest BCUT2D eigenvalue weighted by atomic mass is 10.2. The van der Waals surface area contributed by atoms with E-state index in [2.05, 4.69) is 0 Å². The van der Waals surface area contributed by atoms with Crippen LogP contribution >= 0.6 is 11.6 Å². The highest BCUT2D eigenvalue weighted by Crippen LogP contribution is 2.23. The van der Waals surface area contributed by atoms with Crippen molar-refractivity contribution in [2.75, 3.05) is 17.8 Å². The molecule has 0 aliphatic heterocycles. The summed E-state index contributed by atoms with van der Waals surface area (Å²) in [6.07, 6.45) is 2.07. The molecule has 0 atom stereocenters. The molecule has 2 aromatic rings. The molecule has 152 valence electrons. The molecule has 0 bridgehead atoms. The van der Waals surface area contributed by atoms with Crippen molar-refractivity contribution in [3.05, 3.63) is 53.1 Å². The Morgan fingerprint density at radius 1 is 1.14 bits per heavy atom. The Hall–Kier alpha value is -2.05. The van der Waals surface area contributed by atoms with E-state index in [9.17, 15) is 13.2 Å². The average Bonchev–Trinajstić information content (AvgIpc) is 2.61. The normalized spacial score (nSPS) is 11.5. The fourth-order valence-corrected chi connectivity index (χ4v) is 3.57.